The first kappa shape index (κ1) is 33.1. The third kappa shape index (κ3) is 11.1. The highest BCUT2D eigenvalue weighted by atomic mass is 16.7. The largest absolute Gasteiger partial charge is 0.513 e. The standard InChI is InChI=1S/C30H39NO10/c1-5-7-16-37-28(34)40-24-15-14-22(18-25(24)41-29(35)38-17-8-6-2)20-30(31,27(33)36-4)19-21(3)39-26(32)23-12-10-9-11-13-23/h9-15,18,21H,5-8,16-17,19-20,31H2,1-4H3/t21-,30?/m0/s1. The van der Waals surface area contributed by atoms with Crippen LogP contribution in [-0.4, -0.2) is 56.2 Å². The predicted molar refractivity (Wildman–Crippen MR) is 149 cm³/mol. The topological polar surface area (TPSA) is 150 Å². The van der Waals surface area contributed by atoms with Gasteiger partial charge in [-0.2, -0.15) is 0 Å². The van der Waals surface area contributed by atoms with E-state index in [1.807, 2.05) is 13.8 Å². The third-order valence-electron chi connectivity index (χ3n) is 5.91. The van der Waals surface area contributed by atoms with E-state index in [1.54, 1.807) is 43.3 Å². The van der Waals surface area contributed by atoms with Crippen LogP contribution in [-0.2, 0) is 30.2 Å². The first-order chi connectivity index (χ1) is 19.6. The van der Waals surface area contributed by atoms with E-state index in [1.165, 1.54) is 19.2 Å². The van der Waals surface area contributed by atoms with Crippen molar-refractivity contribution in [2.75, 3.05) is 20.3 Å². The van der Waals surface area contributed by atoms with Gasteiger partial charge in [0.2, 0.25) is 0 Å². The summed E-state index contributed by atoms with van der Waals surface area (Å²) in [4.78, 5) is 49.7. The van der Waals surface area contributed by atoms with Crippen LogP contribution in [0.2, 0.25) is 0 Å². The summed E-state index contributed by atoms with van der Waals surface area (Å²) in [5.74, 6) is -1.52. The molecule has 0 aromatic heterocycles. The average Bonchev–Trinajstić information content (AvgIpc) is 2.94. The molecule has 0 spiro atoms. The maximum absolute atomic E-state index is 12.8. The van der Waals surface area contributed by atoms with E-state index in [0.717, 1.165) is 12.8 Å². The lowest BCUT2D eigenvalue weighted by Crippen LogP contribution is -2.53. The summed E-state index contributed by atoms with van der Waals surface area (Å²) in [5, 5.41) is 0. The van der Waals surface area contributed by atoms with Crippen LogP contribution in [0.3, 0.4) is 0 Å². The lowest BCUT2D eigenvalue weighted by Gasteiger charge is -2.29. The first-order valence-corrected chi connectivity index (χ1v) is 13.6. The molecule has 11 nitrogen and oxygen atoms in total. The van der Waals surface area contributed by atoms with Crippen molar-refractivity contribution in [3.8, 4) is 11.5 Å². The Labute approximate surface area is 240 Å². The average molecular weight is 574 g/mol. The van der Waals surface area contributed by atoms with Crippen molar-refractivity contribution < 1.29 is 47.6 Å². The summed E-state index contributed by atoms with van der Waals surface area (Å²) in [7, 11) is 1.20. The van der Waals surface area contributed by atoms with Gasteiger partial charge in [-0.1, -0.05) is 51.0 Å². The second-order valence-electron chi connectivity index (χ2n) is 9.50. The van der Waals surface area contributed by atoms with Gasteiger partial charge in [0.05, 0.1) is 25.9 Å². The Morgan fingerprint density at radius 2 is 1.44 bits per heavy atom. The molecule has 0 bridgehead atoms. The highest BCUT2D eigenvalue weighted by Crippen LogP contribution is 2.32. The molecule has 0 aliphatic rings. The number of carbonyl (C=O) groups excluding carboxylic acids is 4. The molecule has 2 N–H and O–H groups in total. The summed E-state index contributed by atoms with van der Waals surface area (Å²) < 4.78 is 31.1. The molecule has 41 heavy (non-hydrogen) atoms. The minimum absolute atomic E-state index is 0.0739. The minimum atomic E-state index is -1.62. The van der Waals surface area contributed by atoms with Gasteiger partial charge in [-0.3, -0.25) is 4.79 Å². The first-order valence-electron chi connectivity index (χ1n) is 13.6. The minimum Gasteiger partial charge on any atom is -0.468 e. The van der Waals surface area contributed by atoms with Crippen LogP contribution < -0.4 is 15.2 Å². The number of rotatable bonds is 15. The van der Waals surface area contributed by atoms with Gasteiger partial charge in [0.15, 0.2) is 11.5 Å². The van der Waals surface area contributed by atoms with Gasteiger partial charge in [-0.15, -0.1) is 0 Å². The van der Waals surface area contributed by atoms with E-state index in [2.05, 4.69) is 0 Å². The molecule has 0 heterocycles. The van der Waals surface area contributed by atoms with Crippen molar-refractivity contribution in [1.29, 1.82) is 0 Å². The Hall–Kier alpha value is -4.12. The van der Waals surface area contributed by atoms with Crippen LogP contribution in [0.5, 0.6) is 11.5 Å². The Kier molecular flexibility index (Phi) is 13.6. The maximum Gasteiger partial charge on any atom is 0.513 e. The Morgan fingerprint density at radius 3 is 2.00 bits per heavy atom. The number of methoxy groups -OCH3 is 1. The zero-order valence-corrected chi connectivity index (χ0v) is 24.0. The fourth-order valence-corrected chi connectivity index (χ4v) is 3.84. The van der Waals surface area contributed by atoms with E-state index in [4.69, 9.17) is 34.2 Å². The van der Waals surface area contributed by atoms with Crippen LogP contribution in [0, 0.1) is 0 Å². The van der Waals surface area contributed by atoms with Crippen LogP contribution in [0.1, 0.15) is 68.8 Å². The van der Waals surface area contributed by atoms with Crippen molar-refractivity contribution >= 4 is 24.2 Å². The molecule has 1 unspecified atom stereocenters. The second-order valence-corrected chi connectivity index (χ2v) is 9.50. The number of hydrogen-bond donors (Lipinski definition) is 1. The van der Waals surface area contributed by atoms with E-state index >= 15 is 0 Å². The number of benzene rings is 2. The van der Waals surface area contributed by atoms with Gasteiger partial charge in [-0.25, -0.2) is 14.4 Å². The molecule has 2 atom stereocenters. The molecule has 11 heteroatoms. The Morgan fingerprint density at radius 1 is 0.854 bits per heavy atom. The number of nitrogens with two attached hydrogens (primary N) is 1. The normalized spacial score (nSPS) is 12.8. The number of esters is 2. The number of ether oxygens (including phenoxy) is 6. The molecule has 2 aromatic carbocycles. The quantitative estimate of drug-likeness (QED) is 0.127. The van der Waals surface area contributed by atoms with Crippen molar-refractivity contribution in [2.24, 2.45) is 5.73 Å². The number of unbranched alkanes of at least 4 members (excludes halogenated alkanes) is 2. The molecule has 0 saturated heterocycles. The lowest BCUT2D eigenvalue weighted by atomic mass is 9.86. The monoisotopic (exact) mass is 573 g/mol. The zero-order chi connectivity index (χ0) is 30.3. The molecule has 0 saturated carbocycles. The second kappa shape index (κ2) is 16.9. The summed E-state index contributed by atoms with van der Waals surface area (Å²) in [6.07, 6.45) is 0.0650. The van der Waals surface area contributed by atoms with Gasteiger partial charge < -0.3 is 34.2 Å². The number of hydrogen-bond acceptors (Lipinski definition) is 11. The molecule has 2 rings (SSSR count). The van der Waals surface area contributed by atoms with E-state index in [9.17, 15) is 19.2 Å². The summed E-state index contributed by atoms with van der Waals surface area (Å²) in [6, 6.07) is 12.8. The molecule has 0 radical (unpaired) electrons. The van der Waals surface area contributed by atoms with Gasteiger partial charge in [0.1, 0.15) is 11.6 Å². The van der Waals surface area contributed by atoms with Crippen molar-refractivity contribution in [3.63, 3.8) is 0 Å². The maximum atomic E-state index is 12.8. The fourth-order valence-electron chi connectivity index (χ4n) is 3.84. The molecule has 0 aliphatic carbocycles. The molecule has 2 aromatic rings. The van der Waals surface area contributed by atoms with Gasteiger partial charge >= 0.3 is 24.2 Å². The van der Waals surface area contributed by atoms with Crippen molar-refractivity contribution in [2.45, 2.75) is 70.9 Å². The highest BCUT2D eigenvalue weighted by Gasteiger charge is 2.38. The van der Waals surface area contributed by atoms with Crippen LogP contribution in [0.25, 0.3) is 0 Å². The SMILES string of the molecule is CCCCOC(=O)Oc1ccc(CC(N)(C[C@H](C)OC(=O)c2ccccc2)C(=O)OC)cc1OC(=O)OCCCC. The Bertz CT molecular complexity index is 1150. The van der Waals surface area contributed by atoms with Gasteiger partial charge in [-0.05, 0) is 49.6 Å². The van der Waals surface area contributed by atoms with Crippen molar-refractivity contribution in [1.82, 2.24) is 0 Å². The molecular weight excluding hydrogens is 534 g/mol. The summed E-state index contributed by atoms with van der Waals surface area (Å²) >= 11 is 0. The molecule has 0 fully saturated rings. The van der Waals surface area contributed by atoms with Gasteiger partial charge in [0.25, 0.3) is 0 Å². The van der Waals surface area contributed by atoms with Crippen LogP contribution in [0.15, 0.2) is 48.5 Å². The van der Waals surface area contributed by atoms with Crippen LogP contribution >= 0.6 is 0 Å². The van der Waals surface area contributed by atoms with E-state index < -0.39 is 35.9 Å². The molecular formula is C30H39NO10. The summed E-state index contributed by atoms with van der Waals surface area (Å²) in [5.41, 5.74) is 5.70. The van der Waals surface area contributed by atoms with E-state index in [-0.39, 0.29) is 37.6 Å². The Balaban J connectivity index is 2.25. The lowest BCUT2D eigenvalue weighted by molar-refractivity contribution is -0.148. The smallest absolute Gasteiger partial charge is 0.468 e. The van der Waals surface area contributed by atoms with Crippen LogP contribution in [0.4, 0.5) is 9.59 Å². The van der Waals surface area contributed by atoms with Crippen molar-refractivity contribution in [3.05, 3.63) is 59.7 Å². The molecule has 224 valence electrons. The number of carbonyl (C=O) groups is 4. The predicted octanol–water partition coefficient (Wildman–Crippen LogP) is 5.37. The zero-order valence-electron chi connectivity index (χ0n) is 24.0. The third-order valence-corrected chi connectivity index (χ3v) is 5.91. The molecule has 0 aliphatic heterocycles. The summed E-state index contributed by atoms with van der Waals surface area (Å²) in [6.45, 7) is 5.83. The van der Waals surface area contributed by atoms with E-state index in [0.29, 0.717) is 24.0 Å². The van der Waals surface area contributed by atoms with Gasteiger partial charge in [0, 0.05) is 12.8 Å². The highest BCUT2D eigenvalue weighted by molar-refractivity contribution is 5.89. The molecule has 0 amide bonds. The fraction of sp³-hybridized carbons (Fsp3) is 0.467.